The summed E-state index contributed by atoms with van der Waals surface area (Å²) in [5.41, 5.74) is 1.09. The third-order valence-electron chi connectivity index (χ3n) is 4.41. The normalized spacial score (nSPS) is 12.2. The molecular weight excluding hydrogens is 420 g/mol. The number of benzene rings is 2. The molecule has 7 heteroatoms. The first-order valence-electron chi connectivity index (χ1n) is 8.90. The second-order valence-electron chi connectivity index (χ2n) is 6.29. The van der Waals surface area contributed by atoms with Crippen molar-refractivity contribution in [1.82, 2.24) is 9.66 Å². The molecule has 1 aromatic heterocycles. The van der Waals surface area contributed by atoms with E-state index >= 15 is 0 Å². The third-order valence-corrected chi connectivity index (χ3v) is 4.90. The predicted molar refractivity (Wildman–Crippen MR) is 113 cm³/mol. The first-order chi connectivity index (χ1) is 13.5. The average Bonchev–Trinajstić information content (AvgIpc) is 2.71. The number of hydrogen-bond acceptors (Lipinski definition) is 5. The summed E-state index contributed by atoms with van der Waals surface area (Å²) >= 11 is 3.40. The van der Waals surface area contributed by atoms with Crippen LogP contribution in [0.2, 0.25) is 0 Å². The standard InChI is InChI=1S/C21H19BrN4O2/c1-3-14(2)20-25-18-9-8-16(22)12-17(18)21(27)26(20)24-13-15-6-4-5-7-19(15)28-11-10-23/h4-9,12-14H,3,11H2,1-2H3/t14-/m0/s1. The lowest BCUT2D eigenvalue weighted by Crippen LogP contribution is -2.23. The SMILES string of the molecule is CC[C@H](C)c1nc2ccc(Br)cc2c(=O)n1N=Cc1ccccc1OCC#N. The molecule has 0 aliphatic heterocycles. The van der Waals surface area contributed by atoms with E-state index < -0.39 is 0 Å². The summed E-state index contributed by atoms with van der Waals surface area (Å²) in [5.74, 6) is 1.19. The minimum atomic E-state index is -0.228. The van der Waals surface area contributed by atoms with E-state index in [1.165, 1.54) is 4.68 Å². The van der Waals surface area contributed by atoms with E-state index in [2.05, 4.69) is 26.0 Å². The van der Waals surface area contributed by atoms with Crippen molar-refractivity contribution in [2.75, 3.05) is 6.61 Å². The second-order valence-corrected chi connectivity index (χ2v) is 7.20. The summed E-state index contributed by atoms with van der Waals surface area (Å²) in [6, 6.07) is 14.6. The van der Waals surface area contributed by atoms with Gasteiger partial charge in [-0.15, -0.1) is 0 Å². The van der Waals surface area contributed by atoms with Crippen LogP contribution in [0.15, 0.2) is 56.8 Å². The zero-order valence-electron chi connectivity index (χ0n) is 15.6. The van der Waals surface area contributed by atoms with Crippen molar-refractivity contribution < 1.29 is 4.74 Å². The molecule has 0 aliphatic carbocycles. The lowest BCUT2D eigenvalue weighted by Gasteiger charge is -2.14. The summed E-state index contributed by atoms with van der Waals surface area (Å²) in [7, 11) is 0. The van der Waals surface area contributed by atoms with Gasteiger partial charge in [0.25, 0.3) is 5.56 Å². The van der Waals surface area contributed by atoms with E-state index in [0.29, 0.717) is 28.0 Å². The highest BCUT2D eigenvalue weighted by Crippen LogP contribution is 2.21. The summed E-state index contributed by atoms with van der Waals surface area (Å²) in [5, 5.41) is 13.7. The number of halogens is 1. The molecule has 0 spiro atoms. The van der Waals surface area contributed by atoms with Gasteiger partial charge in [0.1, 0.15) is 17.6 Å². The minimum Gasteiger partial charge on any atom is -0.478 e. The molecule has 0 unspecified atom stereocenters. The maximum absolute atomic E-state index is 13.1. The summed E-state index contributed by atoms with van der Waals surface area (Å²) < 4.78 is 7.59. The molecule has 0 saturated carbocycles. The van der Waals surface area contributed by atoms with Gasteiger partial charge in [0, 0.05) is 16.0 Å². The predicted octanol–water partition coefficient (Wildman–Crippen LogP) is 4.46. The monoisotopic (exact) mass is 438 g/mol. The van der Waals surface area contributed by atoms with Crippen molar-refractivity contribution in [1.29, 1.82) is 5.26 Å². The molecule has 0 N–H and O–H groups in total. The molecule has 0 amide bonds. The molecule has 2 aromatic carbocycles. The lowest BCUT2D eigenvalue weighted by molar-refractivity contribution is 0.367. The van der Waals surface area contributed by atoms with Crippen LogP contribution >= 0.6 is 15.9 Å². The maximum atomic E-state index is 13.1. The summed E-state index contributed by atoms with van der Waals surface area (Å²) in [4.78, 5) is 17.8. The van der Waals surface area contributed by atoms with Crippen molar-refractivity contribution in [2.24, 2.45) is 5.10 Å². The van der Waals surface area contributed by atoms with Crippen LogP contribution in [-0.2, 0) is 0 Å². The van der Waals surface area contributed by atoms with Crippen molar-refractivity contribution in [3.8, 4) is 11.8 Å². The first kappa shape index (κ1) is 19.8. The highest BCUT2D eigenvalue weighted by atomic mass is 79.9. The number of ether oxygens (including phenoxy) is 1. The molecule has 0 radical (unpaired) electrons. The first-order valence-corrected chi connectivity index (χ1v) is 9.69. The fourth-order valence-electron chi connectivity index (χ4n) is 2.73. The van der Waals surface area contributed by atoms with Crippen LogP contribution in [0.25, 0.3) is 10.9 Å². The Morgan fingerprint density at radius 2 is 2.14 bits per heavy atom. The van der Waals surface area contributed by atoms with Gasteiger partial charge in [-0.25, -0.2) is 4.98 Å². The molecule has 6 nitrogen and oxygen atoms in total. The Balaban J connectivity index is 2.14. The van der Waals surface area contributed by atoms with Gasteiger partial charge in [-0.1, -0.05) is 41.9 Å². The van der Waals surface area contributed by atoms with Crippen LogP contribution < -0.4 is 10.3 Å². The Hall–Kier alpha value is -2.98. The third kappa shape index (κ3) is 4.12. The molecule has 0 bridgehead atoms. The van der Waals surface area contributed by atoms with Gasteiger partial charge in [-0.2, -0.15) is 15.0 Å². The maximum Gasteiger partial charge on any atom is 0.282 e. The Kier molecular flexibility index (Phi) is 6.22. The van der Waals surface area contributed by atoms with Crippen LogP contribution in [0.4, 0.5) is 0 Å². The Morgan fingerprint density at radius 3 is 2.89 bits per heavy atom. The Morgan fingerprint density at radius 1 is 1.36 bits per heavy atom. The van der Waals surface area contributed by atoms with Gasteiger partial charge in [-0.3, -0.25) is 4.79 Å². The topological polar surface area (TPSA) is 80.3 Å². The quantitative estimate of drug-likeness (QED) is 0.532. The highest BCUT2D eigenvalue weighted by Gasteiger charge is 2.15. The highest BCUT2D eigenvalue weighted by molar-refractivity contribution is 9.10. The van der Waals surface area contributed by atoms with Gasteiger partial charge in [-0.05, 0) is 36.8 Å². The largest absolute Gasteiger partial charge is 0.478 e. The van der Waals surface area contributed by atoms with E-state index in [-0.39, 0.29) is 18.1 Å². The van der Waals surface area contributed by atoms with E-state index in [1.807, 2.05) is 50.2 Å². The van der Waals surface area contributed by atoms with E-state index in [4.69, 9.17) is 10.00 Å². The number of rotatable bonds is 6. The molecule has 0 saturated heterocycles. The van der Waals surface area contributed by atoms with Gasteiger partial charge < -0.3 is 4.74 Å². The van der Waals surface area contributed by atoms with Crippen LogP contribution in [0, 0.1) is 11.3 Å². The van der Waals surface area contributed by atoms with Crippen molar-refractivity contribution in [3.63, 3.8) is 0 Å². The zero-order valence-corrected chi connectivity index (χ0v) is 17.2. The molecule has 0 fully saturated rings. The van der Waals surface area contributed by atoms with Crippen molar-refractivity contribution >= 4 is 33.0 Å². The fraction of sp³-hybridized carbons (Fsp3) is 0.238. The Labute approximate surface area is 171 Å². The number of nitriles is 1. The van der Waals surface area contributed by atoms with Crippen LogP contribution in [0.1, 0.15) is 37.6 Å². The number of para-hydroxylation sites is 1. The number of nitrogens with zero attached hydrogens (tertiary/aromatic N) is 4. The fourth-order valence-corrected chi connectivity index (χ4v) is 3.09. The second kappa shape index (κ2) is 8.81. The van der Waals surface area contributed by atoms with Gasteiger partial charge in [0.2, 0.25) is 0 Å². The average molecular weight is 439 g/mol. The van der Waals surface area contributed by atoms with Gasteiger partial charge in [0.15, 0.2) is 6.61 Å². The van der Waals surface area contributed by atoms with E-state index in [0.717, 1.165) is 10.9 Å². The minimum absolute atomic E-state index is 0.0583. The lowest BCUT2D eigenvalue weighted by atomic mass is 10.1. The van der Waals surface area contributed by atoms with Crippen LogP contribution in [0.5, 0.6) is 5.75 Å². The van der Waals surface area contributed by atoms with E-state index in [9.17, 15) is 4.79 Å². The molecule has 0 aliphatic rings. The van der Waals surface area contributed by atoms with Crippen LogP contribution in [0.3, 0.4) is 0 Å². The molecule has 1 heterocycles. The number of aromatic nitrogens is 2. The molecule has 28 heavy (non-hydrogen) atoms. The molecular formula is C21H19BrN4O2. The molecule has 3 rings (SSSR count). The number of hydrogen-bond donors (Lipinski definition) is 0. The van der Waals surface area contributed by atoms with Gasteiger partial charge in [0.05, 0.1) is 17.1 Å². The van der Waals surface area contributed by atoms with E-state index in [1.54, 1.807) is 18.3 Å². The molecule has 1 atom stereocenters. The molecule has 142 valence electrons. The van der Waals surface area contributed by atoms with Crippen molar-refractivity contribution in [3.05, 3.63) is 68.7 Å². The summed E-state index contributed by atoms with van der Waals surface area (Å²) in [6.45, 7) is 4.00. The zero-order chi connectivity index (χ0) is 20.1. The molecule has 3 aromatic rings. The van der Waals surface area contributed by atoms with Crippen molar-refractivity contribution in [2.45, 2.75) is 26.2 Å². The number of fused-ring (bicyclic) bond motifs is 1. The van der Waals surface area contributed by atoms with Gasteiger partial charge >= 0.3 is 0 Å². The summed E-state index contributed by atoms with van der Waals surface area (Å²) in [6.07, 6.45) is 2.39. The van der Waals surface area contributed by atoms with Crippen LogP contribution in [-0.4, -0.2) is 22.5 Å². The Bertz CT molecular complexity index is 1130. The smallest absolute Gasteiger partial charge is 0.282 e.